The second-order valence-corrected chi connectivity index (χ2v) is 23.2. The van der Waals surface area contributed by atoms with Crippen LogP contribution in [-0.4, -0.2) is 53.9 Å². The van der Waals surface area contributed by atoms with Gasteiger partial charge in [-0.25, -0.2) is 0 Å². The van der Waals surface area contributed by atoms with Crippen LogP contribution in [0.2, 0.25) is 13.3 Å². The van der Waals surface area contributed by atoms with Crippen molar-refractivity contribution < 1.29 is 19.4 Å². The first-order valence-electron chi connectivity index (χ1n) is 12.9. The molecule has 0 aromatic heterocycles. The first kappa shape index (κ1) is 27.7. The Morgan fingerprint density at radius 1 is 1.09 bits per heavy atom. The van der Waals surface area contributed by atoms with Gasteiger partial charge in [0.05, 0.1) is 0 Å². The predicted molar refractivity (Wildman–Crippen MR) is 135 cm³/mol. The normalized spacial score (nSPS) is 22.1. The van der Waals surface area contributed by atoms with Gasteiger partial charge in [-0.3, -0.25) is 0 Å². The van der Waals surface area contributed by atoms with Gasteiger partial charge < -0.3 is 0 Å². The number of methoxy groups -OCH3 is 1. The Morgan fingerprint density at radius 3 is 2.12 bits per heavy atom. The standard InChI is InChI=1S/C15H19O4.3C4H9.Sn/c1-18-14(17)15(8-10-19-11-15)13(7-9-16)12-5-3-2-4-6-12;3*1-3-4-2;/h2-6,11,13,16H,7-10H2,1H3;3*1,3-4H2,2H3;/t13-,15-;;;;/m1..../s1. The summed E-state index contributed by atoms with van der Waals surface area (Å²) >= 11 is -2.95. The van der Waals surface area contributed by atoms with E-state index < -0.39 is 23.8 Å². The van der Waals surface area contributed by atoms with Crippen molar-refractivity contribution in [1.29, 1.82) is 0 Å². The second kappa shape index (κ2) is 14.0. The third kappa shape index (κ3) is 6.09. The summed E-state index contributed by atoms with van der Waals surface area (Å²) in [6, 6.07) is 10.3. The minimum atomic E-state index is -2.95. The average Bonchev–Trinajstić information content (AvgIpc) is 3.28. The number of carbonyl (C=O) groups excluding carboxylic acids is 1. The van der Waals surface area contributed by atoms with E-state index in [1.807, 2.05) is 18.2 Å². The number of ether oxygens (including phenoxy) is 2. The number of unbranched alkanes of at least 4 members (excludes halogenated alkanes) is 3. The summed E-state index contributed by atoms with van der Waals surface area (Å²) in [6.07, 6.45) is 8.53. The number of benzene rings is 1. The molecule has 0 aliphatic carbocycles. The van der Waals surface area contributed by atoms with Gasteiger partial charge in [-0.05, 0) is 0 Å². The van der Waals surface area contributed by atoms with Crippen LogP contribution in [0.15, 0.2) is 30.3 Å². The van der Waals surface area contributed by atoms with Gasteiger partial charge >= 0.3 is 201 Å². The fraction of sp³-hybridized carbons (Fsp3) is 0.741. The number of hydrogen-bond acceptors (Lipinski definition) is 4. The SMILES string of the molecule is CCC[CH2][Sn]([CH2]CCC)([CH2]CCC)[C@H]1OCC[C@]1(C(=O)OC)[C@H](CCO)c1ccccc1. The van der Waals surface area contributed by atoms with E-state index in [0.717, 1.165) is 5.56 Å². The van der Waals surface area contributed by atoms with Gasteiger partial charge in [0, 0.05) is 0 Å². The van der Waals surface area contributed by atoms with Crippen LogP contribution in [0.3, 0.4) is 0 Å². The Bertz CT molecular complexity index is 643. The van der Waals surface area contributed by atoms with Gasteiger partial charge in [0.2, 0.25) is 0 Å². The molecule has 0 saturated carbocycles. The van der Waals surface area contributed by atoms with E-state index in [4.69, 9.17) is 9.47 Å². The Morgan fingerprint density at radius 2 is 1.66 bits per heavy atom. The molecule has 1 aromatic rings. The van der Waals surface area contributed by atoms with Gasteiger partial charge in [-0.2, -0.15) is 0 Å². The van der Waals surface area contributed by atoms with Crippen LogP contribution in [0.5, 0.6) is 0 Å². The fourth-order valence-corrected chi connectivity index (χ4v) is 25.4. The Hall–Kier alpha value is -0.591. The first-order chi connectivity index (χ1) is 15.6. The predicted octanol–water partition coefficient (Wildman–Crippen LogP) is 6.49. The topological polar surface area (TPSA) is 55.8 Å². The maximum atomic E-state index is 13.8. The molecule has 1 aliphatic rings. The maximum absolute atomic E-state index is 13.8. The third-order valence-corrected chi connectivity index (χ3v) is 24.4. The molecule has 1 aliphatic heterocycles. The van der Waals surface area contributed by atoms with Gasteiger partial charge in [-0.1, -0.05) is 0 Å². The van der Waals surface area contributed by atoms with E-state index in [9.17, 15) is 9.90 Å². The van der Waals surface area contributed by atoms with Crippen LogP contribution >= 0.6 is 0 Å². The molecule has 1 saturated heterocycles. The average molecular weight is 553 g/mol. The van der Waals surface area contributed by atoms with Crippen molar-refractivity contribution in [1.82, 2.24) is 0 Å². The van der Waals surface area contributed by atoms with Crippen molar-refractivity contribution in [2.24, 2.45) is 5.41 Å². The van der Waals surface area contributed by atoms with Crippen LogP contribution in [0.4, 0.5) is 0 Å². The fourth-order valence-electron chi connectivity index (χ4n) is 6.14. The number of esters is 1. The Balaban J connectivity index is 2.66. The molecule has 0 amide bonds. The Labute approximate surface area is 200 Å². The first-order valence-corrected chi connectivity index (χ1v) is 20.6. The van der Waals surface area contributed by atoms with Crippen LogP contribution in [-0.2, 0) is 14.3 Å². The molecule has 5 heteroatoms. The molecule has 1 heterocycles. The summed E-state index contributed by atoms with van der Waals surface area (Å²) in [5.41, 5.74) is 0.452. The summed E-state index contributed by atoms with van der Waals surface area (Å²) in [5.74, 6) is -0.192. The van der Waals surface area contributed by atoms with Crippen molar-refractivity contribution in [3.63, 3.8) is 0 Å². The zero-order valence-electron chi connectivity index (χ0n) is 20.9. The van der Waals surface area contributed by atoms with Crippen molar-refractivity contribution >= 4 is 24.3 Å². The Kier molecular flexibility index (Phi) is 12.1. The summed E-state index contributed by atoms with van der Waals surface area (Å²) < 4.78 is 16.1. The van der Waals surface area contributed by atoms with Gasteiger partial charge in [0.15, 0.2) is 0 Å². The zero-order chi connectivity index (χ0) is 23.5. The van der Waals surface area contributed by atoms with E-state index in [1.54, 1.807) is 0 Å². The molecule has 2 rings (SSSR count). The molecular formula is C27H46O4Sn. The molecular weight excluding hydrogens is 507 g/mol. The second-order valence-electron chi connectivity index (χ2n) is 9.68. The molecule has 32 heavy (non-hydrogen) atoms. The molecule has 182 valence electrons. The van der Waals surface area contributed by atoms with Crippen LogP contribution in [0.25, 0.3) is 0 Å². The van der Waals surface area contributed by atoms with Crippen molar-refractivity contribution in [2.45, 2.75) is 95.5 Å². The van der Waals surface area contributed by atoms with Crippen molar-refractivity contribution in [3.05, 3.63) is 35.9 Å². The van der Waals surface area contributed by atoms with Crippen LogP contribution in [0, 0.1) is 5.41 Å². The molecule has 0 bridgehead atoms. The minimum absolute atomic E-state index is 0.0191. The molecule has 0 radical (unpaired) electrons. The zero-order valence-corrected chi connectivity index (χ0v) is 23.8. The number of aliphatic hydroxyl groups excluding tert-OH is 1. The molecule has 1 N–H and O–H groups in total. The van der Waals surface area contributed by atoms with E-state index >= 15 is 0 Å². The monoisotopic (exact) mass is 554 g/mol. The number of aliphatic hydroxyl groups is 1. The van der Waals surface area contributed by atoms with Gasteiger partial charge in [0.1, 0.15) is 0 Å². The van der Waals surface area contributed by atoms with Crippen LogP contribution in [0.1, 0.15) is 83.6 Å². The third-order valence-electron chi connectivity index (χ3n) is 7.72. The van der Waals surface area contributed by atoms with E-state index in [0.29, 0.717) is 19.4 Å². The molecule has 1 aromatic carbocycles. The summed E-state index contributed by atoms with van der Waals surface area (Å²) in [4.78, 5) is 13.8. The van der Waals surface area contributed by atoms with Gasteiger partial charge in [0.25, 0.3) is 0 Å². The van der Waals surface area contributed by atoms with Crippen molar-refractivity contribution in [3.8, 4) is 0 Å². The van der Waals surface area contributed by atoms with Crippen LogP contribution < -0.4 is 0 Å². The van der Waals surface area contributed by atoms with E-state index in [1.165, 1.54) is 58.9 Å². The van der Waals surface area contributed by atoms with E-state index in [2.05, 4.69) is 32.9 Å². The summed E-state index contributed by atoms with van der Waals surface area (Å²) in [7, 11) is 1.53. The summed E-state index contributed by atoms with van der Waals surface area (Å²) in [6.45, 7) is 7.51. The molecule has 3 atom stereocenters. The van der Waals surface area contributed by atoms with E-state index in [-0.39, 0.29) is 22.6 Å². The summed E-state index contributed by atoms with van der Waals surface area (Å²) in [5, 5.41) is 10.1. The van der Waals surface area contributed by atoms with Crippen molar-refractivity contribution in [2.75, 3.05) is 20.3 Å². The number of hydrogen-bond donors (Lipinski definition) is 1. The quantitative estimate of drug-likeness (QED) is 0.199. The molecule has 4 nitrogen and oxygen atoms in total. The molecule has 0 spiro atoms. The molecule has 0 unspecified atom stereocenters. The number of rotatable bonds is 15. The molecule has 1 fully saturated rings. The number of carbonyl (C=O) groups is 1. The van der Waals surface area contributed by atoms with Gasteiger partial charge in [-0.15, -0.1) is 0 Å².